The van der Waals surface area contributed by atoms with Crippen LogP contribution in [0.25, 0.3) is 0 Å². The Morgan fingerprint density at radius 3 is 2.92 bits per heavy atom. The number of H-pyrrole nitrogens is 1. The van der Waals surface area contributed by atoms with Crippen molar-refractivity contribution in [3.05, 3.63) is 36.2 Å². The van der Waals surface area contributed by atoms with Gasteiger partial charge in [0.25, 0.3) is 0 Å². The van der Waals surface area contributed by atoms with Gasteiger partial charge in [0.1, 0.15) is 5.03 Å². The largest absolute Gasteiger partial charge is 0.272 e. The highest BCUT2D eigenvalue weighted by molar-refractivity contribution is 7.99. The van der Waals surface area contributed by atoms with Crippen molar-refractivity contribution in [1.29, 1.82) is 0 Å². The monoisotopic (exact) mass is 191 g/mol. The second kappa shape index (κ2) is 3.62. The molecule has 0 spiro atoms. The standard InChI is InChI=1S/C9H9N3S/c1-7-3-2-4-8(11-7)13-9-5-6-10-12-9/h2-6H,1H3,(H,10,12). The van der Waals surface area contributed by atoms with Gasteiger partial charge in [-0.05, 0) is 25.1 Å². The van der Waals surface area contributed by atoms with E-state index in [1.165, 1.54) is 0 Å². The zero-order chi connectivity index (χ0) is 9.10. The molecule has 66 valence electrons. The van der Waals surface area contributed by atoms with Crippen molar-refractivity contribution in [3.8, 4) is 0 Å². The summed E-state index contributed by atoms with van der Waals surface area (Å²) in [6.07, 6.45) is 1.73. The number of aromatic nitrogens is 3. The average molecular weight is 191 g/mol. The van der Waals surface area contributed by atoms with Crippen molar-refractivity contribution in [2.75, 3.05) is 0 Å². The predicted molar refractivity (Wildman–Crippen MR) is 51.7 cm³/mol. The maximum atomic E-state index is 4.36. The summed E-state index contributed by atoms with van der Waals surface area (Å²) < 4.78 is 0. The molecule has 0 bridgehead atoms. The van der Waals surface area contributed by atoms with Gasteiger partial charge in [0.15, 0.2) is 0 Å². The van der Waals surface area contributed by atoms with Crippen LogP contribution in [0.3, 0.4) is 0 Å². The lowest BCUT2D eigenvalue weighted by Gasteiger charge is -1.97. The van der Waals surface area contributed by atoms with Crippen molar-refractivity contribution in [1.82, 2.24) is 15.2 Å². The van der Waals surface area contributed by atoms with E-state index in [-0.39, 0.29) is 0 Å². The summed E-state index contributed by atoms with van der Waals surface area (Å²) >= 11 is 1.58. The summed E-state index contributed by atoms with van der Waals surface area (Å²) in [5, 5.41) is 8.75. The Balaban J connectivity index is 2.19. The Hall–Kier alpha value is -1.29. The number of hydrogen-bond acceptors (Lipinski definition) is 3. The van der Waals surface area contributed by atoms with Gasteiger partial charge in [0.2, 0.25) is 0 Å². The highest BCUT2D eigenvalue weighted by atomic mass is 32.2. The summed E-state index contributed by atoms with van der Waals surface area (Å²) in [6, 6.07) is 7.89. The van der Waals surface area contributed by atoms with Gasteiger partial charge in [-0.1, -0.05) is 17.8 Å². The smallest absolute Gasteiger partial charge is 0.102 e. The van der Waals surface area contributed by atoms with Crippen LogP contribution in [0.15, 0.2) is 40.5 Å². The summed E-state index contributed by atoms with van der Waals surface area (Å²) in [5.74, 6) is 0. The predicted octanol–water partition coefficient (Wildman–Crippen LogP) is 2.26. The molecule has 0 aliphatic carbocycles. The minimum atomic E-state index is 0.990. The van der Waals surface area contributed by atoms with Crippen LogP contribution in [0.1, 0.15) is 5.69 Å². The van der Waals surface area contributed by atoms with Crippen LogP contribution in [0.5, 0.6) is 0 Å². The lowest BCUT2D eigenvalue weighted by atomic mass is 10.4. The molecule has 0 aliphatic heterocycles. The zero-order valence-electron chi connectivity index (χ0n) is 7.19. The third kappa shape index (κ3) is 2.09. The van der Waals surface area contributed by atoms with E-state index in [1.807, 2.05) is 31.2 Å². The van der Waals surface area contributed by atoms with Crippen molar-refractivity contribution in [3.63, 3.8) is 0 Å². The van der Waals surface area contributed by atoms with E-state index in [1.54, 1.807) is 18.0 Å². The molecule has 2 rings (SSSR count). The lowest BCUT2D eigenvalue weighted by molar-refractivity contribution is 0.993. The molecule has 2 heterocycles. The van der Waals surface area contributed by atoms with Gasteiger partial charge in [-0.15, -0.1) is 0 Å². The van der Waals surface area contributed by atoms with Crippen LogP contribution < -0.4 is 0 Å². The van der Waals surface area contributed by atoms with Crippen LogP contribution in [0.2, 0.25) is 0 Å². The number of rotatable bonds is 2. The molecule has 4 heteroatoms. The van der Waals surface area contributed by atoms with Gasteiger partial charge in [-0.2, -0.15) is 5.10 Å². The fraction of sp³-hybridized carbons (Fsp3) is 0.111. The van der Waals surface area contributed by atoms with Crippen molar-refractivity contribution < 1.29 is 0 Å². The van der Waals surface area contributed by atoms with Crippen LogP contribution in [0.4, 0.5) is 0 Å². The molecule has 13 heavy (non-hydrogen) atoms. The third-order valence-electron chi connectivity index (χ3n) is 1.55. The number of aromatic amines is 1. The lowest BCUT2D eigenvalue weighted by Crippen LogP contribution is -1.82. The van der Waals surface area contributed by atoms with Crippen LogP contribution in [0, 0.1) is 6.92 Å². The Morgan fingerprint density at radius 2 is 2.23 bits per heavy atom. The van der Waals surface area contributed by atoms with Gasteiger partial charge in [0, 0.05) is 11.9 Å². The van der Waals surface area contributed by atoms with E-state index >= 15 is 0 Å². The van der Waals surface area contributed by atoms with Gasteiger partial charge in [0.05, 0.1) is 5.03 Å². The van der Waals surface area contributed by atoms with E-state index in [2.05, 4.69) is 15.2 Å². The number of hydrogen-bond donors (Lipinski definition) is 1. The topological polar surface area (TPSA) is 41.6 Å². The van der Waals surface area contributed by atoms with Gasteiger partial charge in [-0.3, -0.25) is 5.10 Å². The van der Waals surface area contributed by atoms with E-state index in [0.717, 1.165) is 15.7 Å². The average Bonchev–Trinajstić information content (AvgIpc) is 2.57. The van der Waals surface area contributed by atoms with E-state index in [9.17, 15) is 0 Å². The summed E-state index contributed by atoms with van der Waals surface area (Å²) in [4.78, 5) is 4.36. The Labute approximate surface area is 80.6 Å². The molecular formula is C9H9N3S. The molecule has 0 saturated carbocycles. The van der Waals surface area contributed by atoms with Crippen LogP contribution >= 0.6 is 11.8 Å². The number of pyridine rings is 1. The molecule has 2 aromatic rings. The second-order valence-electron chi connectivity index (χ2n) is 2.64. The van der Waals surface area contributed by atoms with E-state index in [0.29, 0.717) is 0 Å². The fourth-order valence-electron chi connectivity index (χ4n) is 0.987. The molecule has 0 aromatic carbocycles. The molecule has 0 amide bonds. The molecule has 2 aromatic heterocycles. The highest BCUT2D eigenvalue weighted by Crippen LogP contribution is 2.23. The van der Waals surface area contributed by atoms with Crippen molar-refractivity contribution in [2.45, 2.75) is 17.0 Å². The van der Waals surface area contributed by atoms with E-state index < -0.39 is 0 Å². The fourth-order valence-corrected chi connectivity index (χ4v) is 1.78. The first-order valence-corrected chi connectivity index (χ1v) is 4.77. The molecule has 0 fully saturated rings. The molecule has 0 saturated heterocycles. The first-order valence-electron chi connectivity index (χ1n) is 3.95. The van der Waals surface area contributed by atoms with Crippen LogP contribution in [-0.4, -0.2) is 15.2 Å². The maximum absolute atomic E-state index is 4.36. The SMILES string of the molecule is Cc1cccc(Sc2ccn[nH]2)n1. The zero-order valence-corrected chi connectivity index (χ0v) is 8.01. The first kappa shape index (κ1) is 8.31. The van der Waals surface area contributed by atoms with Gasteiger partial charge in [-0.25, -0.2) is 4.98 Å². The van der Waals surface area contributed by atoms with Gasteiger partial charge >= 0.3 is 0 Å². The molecule has 1 N–H and O–H groups in total. The number of aryl methyl sites for hydroxylation is 1. The molecule has 3 nitrogen and oxygen atoms in total. The van der Waals surface area contributed by atoms with E-state index in [4.69, 9.17) is 0 Å². The first-order chi connectivity index (χ1) is 6.34. The molecule has 0 aliphatic rings. The van der Waals surface area contributed by atoms with Crippen molar-refractivity contribution in [2.24, 2.45) is 0 Å². The minimum Gasteiger partial charge on any atom is -0.272 e. The quantitative estimate of drug-likeness (QED) is 0.791. The summed E-state index contributed by atoms with van der Waals surface area (Å²) in [6.45, 7) is 1.98. The molecule has 0 unspecified atom stereocenters. The summed E-state index contributed by atoms with van der Waals surface area (Å²) in [5.41, 5.74) is 1.03. The molecule has 0 atom stereocenters. The minimum absolute atomic E-state index is 0.990. The third-order valence-corrected chi connectivity index (χ3v) is 2.44. The maximum Gasteiger partial charge on any atom is 0.102 e. The normalized spacial score (nSPS) is 10.2. The Morgan fingerprint density at radius 1 is 1.31 bits per heavy atom. The Kier molecular flexibility index (Phi) is 2.31. The van der Waals surface area contributed by atoms with Crippen LogP contribution in [-0.2, 0) is 0 Å². The van der Waals surface area contributed by atoms with Crippen molar-refractivity contribution >= 4 is 11.8 Å². The number of nitrogens with one attached hydrogen (secondary N) is 1. The second-order valence-corrected chi connectivity index (χ2v) is 3.70. The Bertz CT molecular complexity index is 384. The molecule has 0 radical (unpaired) electrons. The van der Waals surface area contributed by atoms with Gasteiger partial charge < -0.3 is 0 Å². The summed E-state index contributed by atoms with van der Waals surface area (Å²) in [7, 11) is 0. The number of nitrogens with zero attached hydrogens (tertiary/aromatic N) is 2. The highest BCUT2D eigenvalue weighted by Gasteiger charge is 1.98. The molecular weight excluding hydrogens is 182 g/mol.